The van der Waals surface area contributed by atoms with Gasteiger partial charge in [-0.25, -0.2) is 5.32 Å². The number of hydrogen-bond donors (Lipinski definition) is 1. The van der Waals surface area contributed by atoms with Gasteiger partial charge < -0.3 is 5.73 Å². The van der Waals surface area contributed by atoms with Gasteiger partial charge in [-0.2, -0.15) is 0 Å². The molecule has 0 amide bonds. The minimum atomic E-state index is -1.04. The molecule has 1 aromatic carbocycles. The predicted molar refractivity (Wildman–Crippen MR) is 87.1 cm³/mol. The first kappa shape index (κ1) is 17.1. The van der Waals surface area contributed by atoms with Crippen LogP contribution in [0.1, 0.15) is 37.0 Å². The van der Waals surface area contributed by atoms with Crippen molar-refractivity contribution in [1.82, 2.24) is 5.32 Å². The number of benzene rings is 1. The van der Waals surface area contributed by atoms with E-state index >= 15 is 0 Å². The van der Waals surface area contributed by atoms with Crippen molar-refractivity contribution in [3.63, 3.8) is 0 Å². The Morgan fingerprint density at radius 2 is 1.73 bits per heavy atom. The van der Waals surface area contributed by atoms with Crippen LogP contribution in [0.2, 0.25) is 5.02 Å². The van der Waals surface area contributed by atoms with Crippen LogP contribution in [0, 0.1) is 11.3 Å². The van der Waals surface area contributed by atoms with Crippen LogP contribution < -0.4 is 11.1 Å². The molecule has 0 aromatic heterocycles. The molecular formula is C17H22ClN2O2. The predicted octanol–water partition coefficient (Wildman–Crippen LogP) is 2.46. The number of rotatable bonds is 5. The molecule has 5 heteroatoms. The fourth-order valence-electron chi connectivity index (χ4n) is 2.86. The van der Waals surface area contributed by atoms with Gasteiger partial charge >= 0.3 is 0 Å². The van der Waals surface area contributed by atoms with E-state index in [1.54, 1.807) is 24.3 Å². The highest BCUT2D eigenvalue weighted by Crippen LogP contribution is 2.36. The van der Waals surface area contributed by atoms with Gasteiger partial charge in [-0.15, -0.1) is 0 Å². The average Bonchev–Trinajstić information content (AvgIpc) is 2.54. The van der Waals surface area contributed by atoms with Crippen LogP contribution in [-0.2, 0) is 4.79 Å². The van der Waals surface area contributed by atoms with Crippen molar-refractivity contribution < 1.29 is 9.59 Å². The minimum absolute atomic E-state index is 0.00116. The average molecular weight is 322 g/mol. The van der Waals surface area contributed by atoms with E-state index < -0.39 is 11.5 Å². The summed E-state index contributed by atoms with van der Waals surface area (Å²) in [6.07, 6.45) is 0.876. The molecule has 4 nitrogen and oxygen atoms in total. The molecule has 0 aliphatic carbocycles. The number of Topliss-reactive ketones (excluding diaryl/α,β-unsaturated/α-hetero) is 2. The lowest BCUT2D eigenvalue weighted by Crippen LogP contribution is -2.53. The SMILES string of the molecule is CC(C)[C@H](N)C(=O)C1(C(=O)c2ccc(Cl)cc2)CC[N]CC1. The highest BCUT2D eigenvalue weighted by atomic mass is 35.5. The summed E-state index contributed by atoms with van der Waals surface area (Å²) in [6, 6.07) is 6.05. The monoisotopic (exact) mass is 321 g/mol. The van der Waals surface area contributed by atoms with E-state index in [0.29, 0.717) is 36.5 Å². The van der Waals surface area contributed by atoms with Gasteiger partial charge in [-0.3, -0.25) is 9.59 Å². The molecule has 1 aromatic rings. The normalized spacial score (nSPS) is 19.0. The van der Waals surface area contributed by atoms with E-state index in [9.17, 15) is 9.59 Å². The molecule has 1 saturated heterocycles. The highest BCUT2D eigenvalue weighted by Gasteiger charge is 2.48. The van der Waals surface area contributed by atoms with Crippen LogP contribution in [0.5, 0.6) is 0 Å². The summed E-state index contributed by atoms with van der Waals surface area (Å²) in [7, 11) is 0. The fraction of sp³-hybridized carbons (Fsp3) is 0.529. The second-order valence-electron chi connectivity index (χ2n) is 6.22. The number of nitrogens with zero attached hydrogens (tertiary/aromatic N) is 1. The molecule has 1 atom stereocenters. The first-order valence-corrected chi connectivity index (χ1v) is 8.00. The Kier molecular flexibility index (Phi) is 5.37. The quantitative estimate of drug-likeness (QED) is 0.668. The zero-order chi connectivity index (χ0) is 16.3. The van der Waals surface area contributed by atoms with Crippen molar-refractivity contribution in [3.8, 4) is 0 Å². The summed E-state index contributed by atoms with van der Waals surface area (Å²) in [5, 5.41) is 4.85. The molecule has 0 spiro atoms. The van der Waals surface area contributed by atoms with E-state index in [2.05, 4.69) is 5.32 Å². The number of carbonyl (C=O) groups excluding carboxylic acids is 2. The number of halogens is 1. The number of ketones is 2. The van der Waals surface area contributed by atoms with Crippen LogP contribution in [0.15, 0.2) is 24.3 Å². The maximum absolute atomic E-state index is 13.0. The molecule has 1 heterocycles. The third kappa shape index (κ3) is 3.24. The van der Waals surface area contributed by atoms with Crippen molar-refractivity contribution in [2.45, 2.75) is 32.7 Å². The van der Waals surface area contributed by atoms with Gasteiger partial charge in [0.2, 0.25) is 0 Å². The van der Waals surface area contributed by atoms with E-state index in [4.69, 9.17) is 17.3 Å². The Labute approximate surface area is 136 Å². The van der Waals surface area contributed by atoms with Gasteiger partial charge in [-0.1, -0.05) is 25.4 Å². The van der Waals surface area contributed by atoms with Gasteiger partial charge in [0.1, 0.15) is 0 Å². The second kappa shape index (κ2) is 6.90. The fourth-order valence-corrected chi connectivity index (χ4v) is 2.99. The Hall–Kier alpha value is -1.23. The Bertz CT molecular complexity index is 548. The molecule has 2 N–H and O–H groups in total. The van der Waals surface area contributed by atoms with Crippen molar-refractivity contribution in [3.05, 3.63) is 34.9 Å². The summed E-state index contributed by atoms with van der Waals surface area (Å²) < 4.78 is 0. The lowest BCUT2D eigenvalue weighted by atomic mass is 9.67. The largest absolute Gasteiger partial charge is 0.321 e. The maximum atomic E-state index is 13.0. The molecule has 1 fully saturated rings. The molecule has 119 valence electrons. The van der Waals surface area contributed by atoms with Crippen molar-refractivity contribution in [2.75, 3.05) is 13.1 Å². The van der Waals surface area contributed by atoms with E-state index in [1.807, 2.05) is 13.8 Å². The molecule has 2 rings (SSSR count). The van der Waals surface area contributed by atoms with Crippen molar-refractivity contribution in [1.29, 1.82) is 0 Å². The smallest absolute Gasteiger partial charge is 0.176 e. The van der Waals surface area contributed by atoms with Gasteiger partial charge in [-0.05, 0) is 43.0 Å². The highest BCUT2D eigenvalue weighted by molar-refractivity contribution is 6.30. The topological polar surface area (TPSA) is 74.3 Å². The number of carbonyl (C=O) groups is 2. The maximum Gasteiger partial charge on any atom is 0.176 e. The molecular weight excluding hydrogens is 300 g/mol. The summed E-state index contributed by atoms with van der Waals surface area (Å²) >= 11 is 5.88. The van der Waals surface area contributed by atoms with Crippen LogP contribution >= 0.6 is 11.6 Å². The third-order valence-electron chi connectivity index (χ3n) is 4.43. The van der Waals surface area contributed by atoms with Crippen LogP contribution in [0.4, 0.5) is 0 Å². The van der Waals surface area contributed by atoms with Crippen molar-refractivity contribution in [2.24, 2.45) is 17.1 Å². The molecule has 1 radical (unpaired) electrons. The van der Waals surface area contributed by atoms with Crippen molar-refractivity contribution >= 4 is 23.2 Å². The number of hydrogen-bond acceptors (Lipinski definition) is 3. The van der Waals surface area contributed by atoms with Gasteiger partial charge in [0.25, 0.3) is 0 Å². The summed E-state index contributed by atoms with van der Waals surface area (Å²) in [5.41, 5.74) is 5.53. The first-order chi connectivity index (χ1) is 10.4. The third-order valence-corrected chi connectivity index (χ3v) is 4.68. The van der Waals surface area contributed by atoms with E-state index in [-0.39, 0.29) is 17.5 Å². The second-order valence-corrected chi connectivity index (χ2v) is 6.66. The molecule has 1 aliphatic heterocycles. The van der Waals surface area contributed by atoms with Crippen LogP contribution in [0.3, 0.4) is 0 Å². The minimum Gasteiger partial charge on any atom is -0.321 e. The summed E-state index contributed by atoms with van der Waals surface area (Å²) in [6.45, 7) is 4.85. The van der Waals surface area contributed by atoms with E-state index in [1.165, 1.54) is 0 Å². The summed E-state index contributed by atoms with van der Waals surface area (Å²) in [4.78, 5) is 26.0. The van der Waals surface area contributed by atoms with Gasteiger partial charge in [0, 0.05) is 23.7 Å². The van der Waals surface area contributed by atoms with Gasteiger partial charge in [0.05, 0.1) is 11.5 Å². The van der Waals surface area contributed by atoms with Gasteiger partial charge in [0.15, 0.2) is 11.6 Å². The molecule has 0 saturated carbocycles. The molecule has 1 aliphatic rings. The Morgan fingerprint density at radius 3 is 2.23 bits per heavy atom. The number of nitrogens with two attached hydrogens (primary N) is 1. The van der Waals surface area contributed by atoms with Crippen LogP contribution in [-0.4, -0.2) is 30.7 Å². The van der Waals surface area contributed by atoms with E-state index in [0.717, 1.165) is 0 Å². The zero-order valence-electron chi connectivity index (χ0n) is 13.0. The van der Waals surface area contributed by atoms with Crippen LogP contribution in [0.25, 0.3) is 0 Å². The number of piperidine rings is 1. The lowest BCUT2D eigenvalue weighted by Gasteiger charge is -2.36. The first-order valence-electron chi connectivity index (χ1n) is 7.62. The standard InChI is InChI=1S/C17H22ClN2O2/c1-11(2)14(19)16(22)17(7-9-20-10-8-17)15(21)12-3-5-13(18)6-4-12/h3-6,11,14H,7-10,19H2,1-2H3/t14-/m0/s1. The Balaban J connectivity index is 2.38. The molecule has 0 unspecified atom stereocenters. The lowest BCUT2D eigenvalue weighted by molar-refractivity contribution is -0.129. The summed E-state index contributed by atoms with van der Waals surface area (Å²) in [5.74, 6) is -0.307. The zero-order valence-corrected chi connectivity index (χ0v) is 13.8. The molecule has 0 bridgehead atoms. The Morgan fingerprint density at radius 1 is 1.18 bits per heavy atom. The molecule has 22 heavy (non-hydrogen) atoms.